The van der Waals surface area contributed by atoms with E-state index in [1.54, 1.807) is 0 Å². The van der Waals surface area contributed by atoms with E-state index in [1.165, 1.54) is 38.4 Å². The highest BCUT2D eigenvalue weighted by Crippen LogP contribution is 2.34. The van der Waals surface area contributed by atoms with Gasteiger partial charge in [-0.25, -0.2) is 25.9 Å². The fourth-order valence-corrected chi connectivity index (χ4v) is 5.99. The molecule has 1 aromatic carbocycles. The first kappa shape index (κ1) is 21.3. The van der Waals surface area contributed by atoms with Crippen LogP contribution in [0.15, 0.2) is 34.1 Å². The predicted molar refractivity (Wildman–Crippen MR) is 103 cm³/mol. The lowest BCUT2D eigenvalue weighted by molar-refractivity contribution is 0.188. The molecule has 0 unspecified atom stereocenters. The zero-order valence-electron chi connectivity index (χ0n) is 16.1. The summed E-state index contributed by atoms with van der Waals surface area (Å²) in [6.07, 6.45) is 2.91. The third-order valence-corrected chi connectivity index (χ3v) is 8.52. The van der Waals surface area contributed by atoms with Crippen LogP contribution in [0.2, 0.25) is 0 Å². The van der Waals surface area contributed by atoms with Crippen LogP contribution in [-0.4, -0.2) is 41.3 Å². The van der Waals surface area contributed by atoms with Crippen molar-refractivity contribution in [1.29, 1.82) is 0 Å². The average Bonchev–Trinajstić information content (AvgIpc) is 2.54. The Morgan fingerprint density at radius 3 is 2.27 bits per heavy atom. The lowest BCUT2D eigenvalue weighted by atomic mass is 9.74. The van der Waals surface area contributed by atoms with Gasteiger partial charge in [0.1, 0.15) is 0 Å². The molecule has 0 radical (unpaired) electrons. The average molecular weight is 403 g/mol. The van der Waals surface area contributed by atoms with Crippen LogP contribution in [-0.2, 0) is 20.0 Å². The number of nitrogens with one attached hydrogen (secondary N) is 1. The Morgan fingerprint density at radius 2 is 1.69 bits per heavy atom. The summed E-state index contributed by atoms with van der Waals surface area (Å²) in [5.74, 6) is 1.14. The SMILES string of the molecule is CC(C)[C@@H]1CC[C@@H](C)C[C@@H]1NS(=O)(=O)c1cccc(S(=O)(=O)N(C)C)c1. The van der Waals surface area contributed by atoms with Crippen LogP contribution in [0.4, 0.5) is 0 Å². The van der Waals surface area contributed by atoms with E-state index in [0.29, 0.717) is 11.8 Å². The highest BCUT2D eigenvalue weighted by Gasteiger charge is 2.34. The Labute approximate surface area is 158 Å². The van der Waals surface area contributed by atoms with Gasteiger partial charge in [0.15, 0.2) is 0 Å². The van der Waals surface area contributed by atoms with E-state index in [2.05, 4.69) is 25.5 Å². The van der Waals surface area contributed by atoms with Crippen molar-refractivity contribution in [2.45, 2.75) is 55.9 Å². The van der Waals surface area contributed by atoms with Gasteiger partial charge < -0.3 is 0 Å². The van der Waals surface area contributed by atoms with E-state index in [-0.39, 0.29) is 21.8 Å². The van der Waals surface area contributed by atoms with Gasteiger partial charge in [0, 0.05) is 20.1 Å². The van der Waals surface area contributed by atoms with Crippen molar-refractivity contribution in [2.24, 2.45) is 17.8 Å². The molecule has 3 atom stereocenters. The molecular weight excluding hydrogens is 372 g/mol. The minimum Gasteiger partial charge on any atom is -0.208 e. The second-order valence-electron chi connectivity index (χ2n) is 7.82. The highest BCUT2D eigenvalue weighted by atomic mass is 32.2. The van der Waals surface area contributed by atoms with Crippen molar-refractivity contribution in [3.05, 3.63) is 24.3 Å². The highest BCUT2D eigenvalue weighted by molar-refractivity contribution is 7.90. The third-order valence-electron chi connectivity index (χ3n) is 5.22. The quantitative estimate of drug-likeness (QED) is 0.793. The van der Waals surface area contributed by atoms with Crippen LogP contribution < -0.4 is 4.72 Å². The second-order valence-corrected chi connectivity index (χ2v) is 11.7. The first-order chi connectivity index (χ1) is 11.9. The molecule has 1 aliphatic carbocycles. The number of benzene rings is 1. The molecule has 26 heavy (non-hydrogen) atoms. The second kappa shape index (κ2) is 7.96. The monoisotopic (exact) mass is 402 g/mol. The van der Waals surface area contributed by atoms with Crippen molar-refractivity contribution < 1.29 is 16.8 Å². The lowest BCUT2D eigenvalue weighted by Gasteiger charge is -2.37. The molecular formula is C18H30N2O4S2. The fraction of sp³-hybridized carbons (Fsp3) is 0.667. The summed E-state index contributed by atoms with van der Waals surface area (Å²) in [4.78, 5) is -0.0380. The topological polar surface area (TPSA) is 83.5 Å². The lowest BCUT2D eigenvalue weighted by Crippen LogP contribution is -2.45. The maximum atomic E-state index is 12.9. The molecule has 148 valence electrons. The summed E-state index contributed by atoms with van der Waals surface area (Å²) in [5, 5.41) is 0. The van der Waals surface area contributed by atoms with Crippen molar-refractivity contribution >= 4 is 20.0 Å². The van der Waals surface area contributed by atoms with Crippen LogP contribution in [0, 0.1) is 17.8 Å². The van der Waals surface area contributed by atoms with Gasteiger partial charge in [-0.2, -0.15) is 0 Å². The summed E-state index contributed by atoms with van der Waals surface area (Å²) in [6.45, 7) is 6.38. The number of rotatable bonds is 6. The molecule has 1 fully saturated rings. The molecule has 8 heteroatoms. The van der Waals surface area contributed by atoms with E-state index >= 15 is 0 Å². The molecule has 0 bridgehead atoms. The van der Waals surface area contributed by atoms with Gasteiger partial charge in [0.05, 0.1) is 9.79 Å². The molecule has 0 amide bonds. The summed E-state index contributed by atoms with van der Waals surface area (Å²) in [5.41, 5.74) is 0. The van der Waals surface area contributed by atoms with Gasteiger partial charge in [-0.3, -0.25) is 0 Å². The Kier molecular flexibility index (Phi) is 6.53. The van der Waals surface area contributed by atoms with Crippen LogP contribution >= 0.6 is 0 Å². The number of nitrogens with zero attached hydrogens (tertiary/aromatic N) is 1. The van der Waals surface area contributed by atoms with E-state index in [1.807, 2.05) is 0 Å². The molecule has 1 saturated carbocycles. The largest absolute Gasteiger partial charge is 0.242 e. The summed E-state index contributed by atoms with van der Waals surface area (Å²) >= 11 is 0. The predicted octanol–water partition coefficient (Wildman–Crippen LogP) is 2.68. The normalized spacial score (nSPS) is 25.0. The van der Waals surface area contributed by atoms with Crippen molar-refractivity contribution in [3.63, 3.8) is 0 Å². The first-order valence-electron chi connectivity index (χ1n) is 9.00. The van der Waals surface area contributed by atoms with E-state index in [4.69, 9.17) is 0 Å². The minimum absolute atomic E-state index is 0.0128. The van der Waals surface area contributed by atoms with Crippen molar-refractivity contribution in [2.75, 3.05) is 14.1 Å². The van der Waals surface area contributed by atoms with Crippen LogP contribution in [0.3, 0.4) is 0 Å². The smallest absolute Gasteiger partial charge is 0.208 e. The molecule has 1 N–H and O–H groups in total. The maximum absolute atomic E-state index is 12.9. The van der Waals surface area contributed by atoms with Gasteiger partial charge >= 0.3 is 0 Å². The van der Waals surface area contributed by atoms with E-state index < -0.39 is 20.0 Å². The van der Waals surface area contributed by atoms with Crippen LogP contribution in [0.25, 0.3) is 0 Å². The molecule has 0 spiro atoms. The van der Waals surface area contributed by atoms with Gasteiger partial charge in [-0.15, -0.1) is 0 Å². The fourth-order valence-electron chi connectivity index (χ4n) is 3.62. The number of sulfonamides is 2. The Bertz CT molecular complexity index is 833. The zero-order valence-corrected chi connectivity index (χ0v) is 17.8. The van der Waals surface area contributed by atoms with Gasteiger partial charge in [-0.1, -0.05) is 33.3 Å². The van der Waals surface area contributed by atoms with Crippen molar-refractivity contribution in [3.8, 4) is 0 Å². The molecule has 6 nitrogen and oxygen atoms in total. The number of hydrogen-bond acceptors (Lipinski definition) is 4. The summed E-state index contributed by atoms with van der Waals surface area (Å²) < 4.78 is 54.3. The van der Waals surface area contributed by atoms with Crippen LogP contribution in [0.1, 0.15) is 40.0 Å². The van der Waals surface area contributed by atoms with Gasteiger partial charge in [0.2, 0.25) is 20.0 Å². The van der Waals surface area contributed by atoms with Crippen molar-refractivity contribution in [1.82, 2.24) is 9.03 Å². The van der Waals surface area contributed by atoms with E-state index in [9.17, 15) is 16.8 Å². The maximum Gasteiger partial charge on any atom is 0.242 e. The van der Waals surface area contributed by atoms with Crippen LogP contribution in [0.5, 0.6) is 0 Å². The number of hydrogen-bond donors (Lipinski definition) is 1. The molecule has 0 aliphatic heterocycles. The molecule has 0 aromatic heterocycles. The minimum atomic E-state index is -3.79. The Morgan fingerprint density at radius 1 is 1.08 bits per heavy atom. The molecule has 1 aromatic rings. The summed E-state index contributed by atoms with van der Waals surface area (Å²) in [7, 11) is -4.63. The van der Waals surface area contributed by atoms with Gasteiger partial charge in [0.25, 0.3) is 0 Å². The standard InChI is InChI=1S/C18H30N2O4S2/c1-13(2)17-10-9-14(3)11-18(17)19-25(21,22)15-7-6-8-16(12-15)26(23,24)20(4)5/h6-8,12-14,17-19H,9-11H2,1-5H3/t14-,17+,18+/m1/s1. The van der Waals surface area contributed by atoms with Gasteiger partial charge in [-0.05, 0) is 48.8 Å². The Balaban J connectivity index is 2.33. The molecule has 2 rings (SSSR count). The molecule has 0 saturated heterocycles. The first-order valence-corrected chi connectivity index (χ1v) is 11.9. The third kappa shape index (κ3) is 4.65. The van der Waals surface area contributed by atoms with E-state index in [0.717, 1.165) is 23.6 Å². The molecule has 0 heterocycles. The summed E-state index contributed by atoms with van der Waals surface area (Å²) in [6, 6.07) is 5.42. The molecule has 1 aliphatic rings. The zero-order chi connectivity index (χ0) is 19.7. The Hall–Kier alpha value is -0.960.